The van der Waals surface area contributed by atoms with Crippen LogP contribution in [0.2, 0.25) is 0 Å². The molecule has 60 heavy (non-hydrogen) atoms. The Bertz CT molecular complexity index is 2660. The van der Waals surface area contributed by atoms with Gasteiger partial charge in [0.1, 0.15) is 17.2 Å². The Morgan fingerprint density at radius 1 is 0.733 bits per heavy atom. The van der Waals surface area contributed by atoms with Crippen molar-refractivity contribution in [2.45, 2.75) is 50.3 Å². The number of piperidine rings is 1. The van der Waals surface area contributed by atoms with Crippen LogP contribution >= 0.6 is 0 Å². The largest absolute Gasteiger partial charge is 0.508 e. The van der Waals surface area contributed by atoms with Crippen molar-refractivity contribution in [1.82, 2.24) is 0 Å². The first-order valence-electron chi connectivity index (χ1n) is 20.9. The topological polar surface area (TPSA) is 54.4 Å². The van der Waals surface area contributed by atoms with Gasteiger partial charge in [0.25, 0.3) is 0 Å². The number of aromatic hydroxyl groups is 1. The number of nitrogens with zero attached hydrogens (tertiary/aromatic N) is 2. The van der Waals surface area contributed by atoms with Crippen LogP contribution in [0, 0.1) is 0 Å². The first-order valence-corrected chi connectivity index (χ1v) is 20.9. The van der Waals surface area contributed by atoms with E-state index in [-0.39, 0.29) is 11.3 Å². The number of morpholine rings is 1. The second-order valence-corrected chi connectivity index (χ2v) is 16.9. The third-order valence-corrected chi connectivity index (χ3v) is 13.1. The van der Waals surface area contributed by atoms with E-state index in [9.17, 15) is 18.3 Å². The molecule has 6 nitrogen and oxygen atoms in total. The molecule has 1 N–H and O–H groups in total. The standard InChI is InChI=1S/C51H47F3N2O4/c1-49(2)43-29-32(37-9-5-6-10-42(37)51(52,53)54)11-20-38(43)46-40-30-44(56-23-7-4-8-24-56)45(58-3)31-41(40)48-39(47(46)49)21-22-50(60-48,34-14-18-36(57)19-15-34)33-12-16-35(17-13-33)55-25-27-59-28-26-55/h5-6,9-22,29-31,57H,4,7-8,23-28H2,1-3H3. The molecule has 0 aromatic heterocycles. The molecule has 2 fully saturated rings. The van der Waals surface area contributed by atoms with E-state index in [2.05, 4.69) is 72.2 Å². The van der Waals surface area contributed by atoms with E-state index in [1.807, 2.05) is 30.3 Å². The van der Waals surface area contributed by atoms with Crippen LogP contribution in [0.15, 0.2) is 109 Å². The summed E-state index contributed by atoms with van der Waals surface area (Å²) in [4.78, 5) is 4.73. The molecule has 0 bridgehead atoms. The number of alkyl halides is 3. The van der Waals surface area contributed by atoms with Crippen molar-refractivity contribution in [2.24, 2.45) is 0 Å². The van der Waals surface area contributed by atoms with Crippen molar-refractivity contribution >= 4 is 28.2 Å². The molecule has 0 amide bonds. The van der Waals surface area contributed by atoms with Gasteiger partial charge in [-0.3, -0.25) is 0 Å². The van der Waals surface area contributed by atoms with E-state index < -0.39 is 22.8 Å². The van der Waals surface area contributed by atoms with E-state index in [4.69, 9.17) is 14.2 Å². The van der Waals surface area contributed by atoms with Crippen LogP contribution in [0.5, 0.6) is 17.2 Å². The highest BCUT2D eigenvalue weighted by atomic mass is 19.4. The Morgan fingerprint density at radius 3 is 2.13 bits per heavy atom. The van der Waals surface area contributed by atoms with Crippen LogP contribution in [0.3, 0.4) is 0 Å². The maximum absolute atomic E-state index is 14.4. The molecule has 1 atom stereocenters. The average molecular weight is 809 g/mol. The lowest BCUT2D eigenvalue weighted by Crippen LogP contribution is -2.37. The minimum atomic E-state index is -4.50. The summed E-state index contributed by atoms with van der Waals surface area (Å²) in [5, 5.41) is 12.3. The fourth-order valence-corrected chi connectivity index (χ4v) is 10.1. The first kappa shape index (κ1) is 38.3. The molecule has 0 radical (unpaired) electrons. The first-order chi connectivity index (χ1) is 29.0. The second kappa shape index (κ2) is 14.4. The maximum Gasteiger partial charge on any atom is 0.417 e. The number of halogens is 3. The summed E-state index contributed by atoms with van der Waals surface area (Å²) in [7, 11) is 1.71. The third-order valence-electron chi connectivity index (χ3n) is 13.1. The minimum absolute atomic E-state index is 0.158. The van der Waals surface area contributed by atoms with Crippen molar-refractivity contribution in [2.75, 3.05) is 56.3 Å². The number of fused-ring (bicyclic) bond motifs is 8. The highest BCUT2D eigenvalue weighted by Crippen LogP contribution is 2.60. The van der Waals surface area contributed by atoms with Gasteiger partial charge in [0, 0.05) is 59.4 Å². The van der Waals surface area contributed by atoms with E-state index in [0.717, 1.165) is 112 Å². The summed E-state index contributed by atoms with van der Waals surface area (Å²) in [5.41, 5.74) is 7.22. The molecule has 0 saturated carbocycles. The van der Waals surface area contributed by atoms with Gasteiger partial charge in [0.2, 0.25) is 0 Å². The third kappa shape index (κ3) is 6.11. The predicted octanol–water partition coefficient (Wildman–Crippen LogP) is 11.7. The monoisotopic (exact) mass is 808 g/mol. The molecule has 1 aliphatic carbocycles. The lowest BCUT2D eigenvalue weighted by Gasteiger charge is -2.39. The number of phenols is 1. The highest BCUT2D eigenvalue weighted by molar-refractivity contribution is 6.10. The van der Waals surface area contributed by atoms with Gasteiger partial charge in [-0.2, -0.15) is 13.2 Å². The minimum Gasteiger partial charge on any atom is -0.508 e. The number of ether oxygens (including phenoxy) is 3. The molecule has 0 spiro atoms. The van der Waals surface area contributed by atoms with Gasteiger partial charge in [-0.25, -0.2) is 0 Å². The number of rotatable bonds is 6. The Morgan fingerprint density at radius 2 is 1.43 bits per heavy atom. The average Bonchev–Trinajstić information content (AvgIpc) is 3.52. The van der Waals surface area contributed by atoms with Gasteiger partial charge in [0.15, 0.2) is 5.60 Å². The summed E-state index contributed by atoms with van der Waals surface area (Å²) < 4.78 is 62.5. The summed E-state index contributed by atoms with van der Waals surface area (Å²) >= 11 is 0. The van der Waals surface area contributed by atoms with Gasteiger partial charge in [-0.05, 0) is 113 Å². The Hall–Kier alpha value is -5.93. The molecule has 2 saturated heterocycles. The van der Waals surface area contributed by atoms with Crippen molar-refractivity contribution in [3.05, 3.63) is 143 Å². The van der Waals surface area contributed by atoms with Crippen molar-refractivity contribution in [1.29, 1.82) is 0 Å². The zero-order valence-electron chi connectivity index (χ0n) is 34.0. The van der Waals surface area contributed by atoms with Crippen LogP contribution in [-0.2, 0) is 21.9 Å². The molecular weight excluding hydrogens is 762 g/mol. The van der Waals surface area contributed by atoms with E-state index in [0.29, 0.717) is 24.5 Å². The number of phenolic OH excluding ortho intramolecular Hbond substituents is 1. The summed E-state index contributed by atoms with van der Waals surface area (Å²) in [5.74, 6) is 1.61. The number of hydrogen-bond acceptors (Lipinski definition) is 6. The number of methoxy groups -OCH3 is 1. The molecule has 6 aromatic carbocycles. The van der Waals surface area contributed by atoms with Crippen LogP contribution in [0.1, 0.15) is 66.5 Å². The highest BCUT2D eigenvalue weighted by Gasteiger charge is 2.45. The van der Waals surface area contributed by atoms with Crippen LogP contribution in [0.4, 0.5) is 24.5 Å². The fraction of sp³-hybridized carbons (Fsp3) is 0.294. The zero-order chi connectivity index (χ0) is 41.4. The van der Waals surface area contributed by atoms with Crippen LogP contribution in [-0.4, -0.2) is 51.6 Å². The molecule has 10 rings (SSSR count). The molecule has 6 aromatic rings. The van der Waals surface area contributed by atoms with Gasteiger partial charge in [-0.1, -0.05) is 74.5 Å². The number of anilines is 2. The van der Waals surface area contributed by atoms with Crippen molar-refractivity contribution in [3.63, 3.8) is 0 Å². The number of hydrogen-bond donors (Lipinski definition) is 1. The quantitative estimate of drug-likeness (QED) is 0.181. The summed E-state index contributed by atoms with van der Waals surface area (Å²) in [6, 6.07) is 31.7. The second-order valence-electron chi connectivity index (χ2n) is 16.9. The molecule has 3 heterocycles. The van der Waals surface area contributed by atoms with Crippen LogP contribution < -0.4 is 19.3 Å². The molecule has 4 aliphatic rings. The normalized spacial score (nSPS) is 19.4. The summed E-state index contributed by atoms with van der Waals surface area (Å²) in [6.07, 6.45) is 3.15. The molecular formula is C51H47F3N2O4. The molecule has 1 unspecified atom stereocenters. The maximum atomic E-state index is 14.4. The van der Waals surface area contributed by atoms with Gasteiger partial charge in [-0.15, -0.1) is 0 Å². The van der Waals surface area contributed by atoms with Crippen LogP contribution in [0.25, 0.3) is 39.1 Å². The van der Waals surface area contributed by atoms with Gasteiger partial charge in [0.05, 0.1) is 31.6 Å². The zero-order valence-corrected chi connectivity index (χ0v) is 34.0. The fourth-order valence-electron chi connectivity index (χ4n) is 10.1. The number of benzene rings is 6. The van der Waals surface area contributed by atoms with Gasteiger partial charge < -0.3 is 29.1 Å². The van der Waals surface area contributed by atoms with Gasteiger partial charge >= 0.3 is 6.18 Å². The molecule has 306 valence electrons. The lowest BCUT2D eigenvalue weighted by molar-refractivity contribution is -0.137. The Balaban J connectivity index is 1.21. The lowest BCUT2D eigenvalue weighted by atomic mass is 9.76. The van der Waals surface area contributed by atoms with Crippen molar-refractivity contribution in [3.8, 4) is 39.5 Å². The Labute approximate surface area is 348 Å². The summed E-state index contributed by atoms with van der Waals surface area (Å²) in [6.45, 7) is 9.18. The Kier molecular flexibility index (Phi) is 9.17. The SMILES string of the molecule is COc1cc2c3c(c4c(c2cc1N1CCCCC1)-c1ccc(-c2ccccc2C(F)(F)F)cc1C4(C)C)C=CC(c1ccc(O)cc1)(c1ccc(N2CCOCC2)cc1)O3. The van der Waals surface area contributed by atoms with E-state index in [1.165, 1.54) is 12.5 Å². The van der Waals surface area contributed by atoms with E-state index >= 15 is 0 Å². The van der Waals surface area contributed by atoms with E-state index in [1.54, 1.807) is 31.4 Å². The smallest absolute Gasteiger partial charge is 0.417 e. The molecule has 3 aliphatic heterocycles. The van der Waals surface area contributed by atoms with Crippen molar-refractivity contribution < 1.29 is 32.5 Å². The molecule has 9 heteroatoms. The predicted molar refractivity (Wildman–Crippen MR) is 233 cm³/mol.